The molecule has 0 saturated carbocycles. The summed E-state index contributed by atoms with van der Waals surface area (Å²) < 4.78 is 29.7. The number of para-hydroxylation sites is 1. The van der Waals surface area contributed by atoms with Gasteiger partial charge in [0.2, 0.25) is 17.8 Å². The van der Waals surface area contributed by atoms with E-state index in [4.69, 9.17) is 25.8 Å². The Kier molecular flexibility index (Phi) is 13.9. The van der Waals surface area contributed by atoms with Crippen molar-refractivity contribution in [1.29, 1.82) is 0 Å². The van der Waals surface area contributed by atoms with Gasteiger partial charge < -0.3 is 49.8 Å². The zero-order valence-electron chi connectivity index (χ0n) is 29.5. The average molecular weight is 743 g/mol. The lowest BCUT2D eigenvalue weighted by atomic mass is 10.2. The average Bonchev–Trinajstić information content (AvgIpc) is 3.68. The summed E-state index contributed by atoms with van der Waals surface area (Å²) >= 11 is 6.43. The minimum Gasteiger partial charge on any atom is -0.494 e. The largest absolute Gasteiger partial charge is 0.494 e. The van der Waals surface area contributed by atoms with Crippen molar-refractivity contribution in [2.24, 2.45) is 0 Å². The summed E-state index contributed by atoms with van der Waals surface area (Å²) in [6.45, 7) is 8.93. The normalized spacial score (nSPS) is 16.2. The van der Waals surface area contributed by atoms with Gasteiger partial charge in [-0.15, -0.1) is 0 Å². The molecule has 4 N–H and O–H groups in total. The van der Waals surface area contributed by atoms with Crippen LogP contribution in [0.1, 0.15) is 19.3 Å². The molecule has 2 saturated heterocycles. The van der Waals surface area contributed by atoms with Crippen molar-refractivity contribution in [2.75, 3.05) is 102 Å². The molecule has 276 valence electrons. The van der Waals surface area contributed by atoms with E-state index in [1.807, 2.05) is 47.4 Å². The van der Waals surface area contributed by atoms with Crippen molar-refractivity contribution in [2.45, 2.75) is 25.3 Å². The van der Waals surface area contributed by atoms with E-state index in [2.05, 4.69) is 36.1 Å². The molecule has 3 heterocycles. The van der Waals surface area contributed by atoms with E-state index in [9.17, 15) is 14.2 Å². The zero-order chi connectivity index (χ0) is 36.2. The second-order valence-electron chi connectivity index (χ2n) is 12.7. The van der Waals surface area contributed by atoms with Gasteiger partial charge >= 0.3 is 0 Å². The van der Waals surface area contributed by atoms with Crippen LogP contribution in [0.4, 0.5) is 28.8 Å². The molecular weight excluding hydrogens is 695 g/mol. The van der Waals surface area contributed by atoms with E-state index in [1.54, 1.807) is 20.4 Å². The molecule has 3 aromatic rings. The van der Waals surface area contributed by atoms with Crippen molar-refractivity contribution in [1.82, 2.24) is 25.5 Å². The van der Waals surface area contributed by atoms with Gasteiger partial charge in [0.05, 0.1) is 63.6 Å². The van der Waals surface area contributed by atoms with Crippen LogP contribution in [-0.4, -0.2) is 119 Å². The number of anilines is 5. The minimum atomic E-state index is -2.55. The van der Waals surface area contributed by atoms with Crippen LogP contribution < -0.4 is 36.2 Å². The maximum absolute atomic E-state index is 12.8. The van der Waals surface area contributed by atoms with E-state index in [-0.39, 0.29) is 17.9 Å². The summed E-state index contributed by atoms with van der Waals surface area (Å²) in [6, 6.07) is 13.1. The van der Waals surface area contributed by atoms with Crippen LogP contribution in [0.25, 0.3) is 0 Å². The molecule has 2 aliphatic rings. The van der Waals surface area contributed by atoms with Crippen LogP contribution >= 0.6 is 18.7 Å². The smallest absolute Gasteiger partial charge is 0.237 e. The summed E-state index contributed by atoms with van der Waals surface area (Å²) in [5.74, 6) is 1.38. The first-order chi connectivity index (χ1) is 24.6. The Bertz CT molecular complexity index is 1680. The van der Waals surface area contributed by atoms with E-state index in [0.717, 1.165) is 25.1 Å². The standard InChI is InChI=1S/C35H48ClN8O6P/c1-48-30-23-25(10-11-27(30)41-35-39-24-26(36)33(42-35)40-28-7-4-5-9-31(28)51(2,3)47)43-15-17-44(18-16-43)32(45)12-19-49-21-22-50-20-14-38-34(46)29-8-6-13-37-29/h4-5,7,9-11,23-24,29,37H,6,8,12-22H2,1-3H3,(H,38,46)(H2,39,40,41,42)/t29-/m0/s1. The number of halogens is 1. The molecule has 2 aromatic carbocycles. The molecule has 1 atom stereocenters. The highest BCUT2D eigenvalue weighted by Gasteiger charge is 2.23. The second kappa shape index (κ2) is 18.5. The van der Waals surface area contributed by atoms with E-state index in [0.29, 0.717) is 105 Å². The first kappa shape index (κ1) is 38.3. The molecule has 2 aliphatic heterocycles. The Morgan fingerprint density at radius 2 is 1.76 bits per heavy atom. The van der Waals surface area contributed by atoms with Crippen LogP contribution in [0.15, 0.2) is 48.7 Å². The highest BCUT2D eigenvalue weighted by atomic mass is 35.5. The minimum absolute atomic E-state index is 0.0255. The monoisotopic (exact) mass is 742 g/mol. The fourth-order valence-electron chi connectivity index (χ4n) is 5.92. The molecule has 51 heavy (non-hydrogen) atoms. The number of aromatic nitrogens is 2. The molecule has 0 bridgehead atoms. The highest BCUT2D eigenvalue weighted by molar-refractivity contribution is 7.70. The van der Waals surface area contributed by atoms with Crippen LogP contribution in [0.3, 0.4) is 0 Å². The maximum Gasteiger partial charge on any atom is 0.237 e. The Balaban J connectivity index is 1.04. The molecule has 14 nitrogen and oxygen atoms in total. The number of hydrogen-bond donors (Lipinski definition) is 4. The van der Waals surface area contributed by atoms with Crippen LogP contribution in [0.5, 0.6) is 5.75 Å². The highest BCUT2D eigenvalue weighted by Crippen LogP contribution is 2.39. The molecule has 0 spiro atoms. The molecule has 16 heteroatoms. The first-order valence-electron chi connectivity index (χ1n) is 17.2. The number of nitrogens with zero attached hydrogens (tertiary/aromatic N) is 4. The lowest BCUT2D eigenvalue weighted by Crippen LogP contribution is -2.49. The number of carbonyl (C=O) groups excluding carboxylic acids is 2. The number of piperazine rings is 1. The van der Waals surface area contributed by atoms with Crippen molar-refractivity contribution in [3.8, 4) is 5.75 Å². The number of rotatable bonds is 17. The zero-order valence-corrected chi connectivity index (χ0v) is 31.1. The van der Waals surface area contributed by atoms with Gasteiger partial charge in [-0.1, -0.05) is 23.7 Å². The van der Waals surface area contributed by atoms with Gasteiger partial charge in [-0.05, 0) is 57.0 Å². The number of benzene rings is 2. The molecule has 0 radical (unpaired) electrons. The number of nitrogens with one attached hydrogen (secondary N) is 4. The molecular formula is C35H48ClN8O6P. The lowest BCUT2D eigenvalue weighted by Gasteiger charge is -2.36. The quantitative estimate of drug-likeness (QED) is 0.117. The Morgan fingerprint density at radius 1 is 1.00 bits per heavy atom. The third-order valence-corrected chi connectivity index (χ3v) is 10.5. The van der Waals surface area contributed by atoms with E-state index in [1.165, 1.54) is 6.20 Å². The van der Waals surface area contributed by atoms with Gasteiger partial charge in [0, 0.05) is 49.8 Å². The number of amides is 2. The number of hydrogen-bond acceptors (Lipinski definition) is 12. The molecule has 2 fully saturated rings. The summed E-state index contributed by atoms with van der Waals surface area (Å²) in [7, 11) is -0.947. The van der Waals surface area contributed by atoms with Crippen molar-refractivity contribution < 1.29 is 28.4 Å². The third kappa shape index (κ3) is 11.0. The Morgan fingerprint density at radius 3 is 2.49 bits per heavy atom. The van der Waals surface area contributed by atoms with Gasteiger partial charge in [0.1, 0.15) is 17.9 Å². The van der Waals surface area contributed by atoms with Gasteiger partial charge in [0.15, 0.2) is 5.82 Å². The van der Waals surface area contributed by atoms with Gasteiger partial charge in [-0.3, -0.25) is 9.59 Å². The predicted molar refractivity (Wildman–Crippen MR) is 201 cm³/mol. The van der Waals surface area contributed by atoms with Crippen LogP contribution in [0.2, 0.25) is 5.02 Å². The summed E-state index contributed by atoms with van der Waals surface area (Å²) in [4.78, 5) is 37.8. The van der Waals surface area contributed by atoms with Gasteiger partial charge in [0.25, 0.3) is 0 Å². The van der Waals surface area contributed by atoms with E-state index < -0.39 is 7.14 Å². The van der Waals surface area contributed by atoms with Crippen LogP contribution in [-0.2, 0) is 23.6 Å². The number of ether oxygens (including phenoxy) is 3. The molecule has 2 amide bonds. The lowest BCUT2D eigenvalue weighted by molar-refractivity contribution is -0.132. The predicted octanol–water partition coefficient (Wildman–Crippen LogP) is 3.81. The van der Waals surface area contributed by atoms with Gasteiger partial charge in [-0.2, -0.15) is 4.98 Å². The molecule has 0 aliphatic carbocycles. The number of carbonyl (C=O) groups is 2. The summed E-state index contributed by atoms with van der Waals surface area (Å²) in [5, 5.41) is 13.5. The second-order valence-corrected chi connectivity index (χ2v) is 16.3. The SMILES string of the molecule is COc1cc(N2CCN(C(=O)CCOCCOCCNC(=O)[C@@H]3CCCN3)CC2)ccc1Nc1ncc(Cl)c(Nc2ccccc2P(C)(C)=O)n1. The van der Waals surface area contributed by atoms with Crippen molar-refractivity contribution >= 4 is 64.7 Å². The van der Waals surface area contributed by atoms with Gasteiger partial charge in [-0.25, -0.2) is 4.98 Å². The first-order valence-corrected chi connectivity index (χ1v) is 20.2. The molecule has 0 unspecified atom stereocenters. The fraction of sp³-hybridized carbons (Fsp3) is 0.486. The summed E-state index contributed by atoms with van der Waals surface area (Å²) in [6.07, 6.45) is 3.72. The number of methoxy groups -OCH3 is 1. The Labute approximate surface area is 304 Å². The molecule has 1 aromatic heterocycles. The Hall–Kier alpha value is -3.94. The topological polar surface area (TPSA) is 159 Å². The van der Waals surface area contributed by atoms with Crippen LogP contribution in [0, 0.1) is 0 Å². The maximum atomic E-state index is 12.8. The third-order valence-electron chi connectivity index (χ3n) is 8.67. The summed E-state index contributed by atoms with van der Waals surface area (Å²) in [5.41, 5.74) is 2.31. The van der Waals surface area contributed by atoms with E-state index >= 15 is 0 Å². The fourth-order valence-corrected chi connectivity index (χ4v) is 7.22. The molecule has 5 rings (SSSR count). The van der Waals surface area contributed by atoms with Crippen molar-refractivity contribution in [3.05, 3.63) is 53.7 Å². The van der Waals surface area contributed by atoms with Crippen molar-refractivity contribution in [3.63, 3.8) is 0 Å².